The van der Waals surface area contributed by atoms with Gasteiger partial charge in [-0.05, 0) is 49.6 Å². The summed E-state index contributed by atoms with van der Waals surface area (Å²) in [5.74, 6) is -4.04. The Hall–Kier alpha value is -3.82. The van der Waals surface area contributed by atoms with Crippen LogP contribution in [0.4, 0.5) is 19.3 Å². The van der Waals surface area contributed by atoms with E-state index < -0.39 is 47.5 Å². The molecule has 1 heterocycles. The number of hydrogen-bond donors (Lipinski definition) is 2. The number of nitrogens with zero attached hydrogens (tertiary/aromatic N) is 2. The first-order chi connectivity index (χ1) is 16.1. The Morgan fingerprint density at radius 2 is 1.82 bits per heavy atom. The Kier molecular flexibility index (Phi) is 7.29. The van der Waals surface area contributed by atoms with Gasteiger partial charge in [0, 0.05) is 12.2 Å². The molecule has 1 unspecified atom stereocenters. The minimum absolute atomic E-state index is 0.0442. The molecule has 1 fully saturated rings. The van der Waals surface area contributed by atoms with Gasteiger partial charge in [-0.25, -0.2) is 13.6 Å². The minimum Gasteiger partial charge on any atom is -0.332 e. The van der Waals surface area contributed by atoms with Gasteiger partial charge < -0.3 is 15.5 Å². The molecule has 1 aliphatic rings. The number of hydrogen-bond acceptors (Lipinski definition) is 4. The standard InChI is InChI=1S/C24H26F2N4O4/c1-4-11-29(13-20(31)27-19-8-6-5-7-15(19)2)21(32)14-30-22(33)24(3,28-23(30)34)16-9-10-17(25)18(26)12-16/h5-10,12H,4,11,13-14H2,1-3H3,(H,27,31)(H,28,34). The average Bonchev–Trinajstić information content (AvgIpc) is 3.00. The van der Waals surface area contributed by atoms with E-state index in [4.69, 9.17) is 0 Å². The van der Waals surface area contributed by atoms with Crippen LogP contribution in [0.1, 0.15) is 31.4 Å². The lowest BCUT2D eigenvalue weighted by Gasteiger charge is -2.25. The van der Waals surface area contributed by atoms with Crippen molar-refractivity contribution in [1.29, 1.82) is 0 Å². The molecule has 0 spiro atoms. The van der Waals surface area contributed by atoms with Crippen molar-refractivity contribution in [2.75, 3.05) is 25.0 Å². The molecular weight excluding hydrogens is 446 g/mol. The fraction of sp³-hybridized carbons (Fsp3) is 0.333. The van der Waals surface area contributed by atoms with Gasteiger partial charge in [-0.15, -0.1) is 0 Å². The number of amides is 5. The van der Waals surface area contributed by atoms with E-state index >= 15 is 0 Å². The molecule has 2 aromatic carbocycles. The number of carbonyl (C=O) groups excluding carboxylic acids is 4. The predicted molar refractivity (Wildman–Crippen MR) is 121 cm³/mol. The number of imide groups is 1. The van der Waals surface area contributed by atoms with Crippen molar-refractivity contribution in [2.24, 2.45) is 0 Å². The summed E-state index contributed by atoms with van der Waals surface area (Å²) in [5, 5.41) is 5.20. The maximum Gasteiger partial charge on any atom is 0.325 e. The lowest BCUT2D eigenvalue weighted by atomic mass is 9.92. The summed E-state index contributed by atoms with van der Waals surface area (Å²) in [6.07, 6.45) is 0.552. The zero-order valence-electron chi connectivity index (χ0n) is 19.2. The maximum absolute atomic E-state index is 13.7. The highest BCUT2D eigenvalue weighted by Gasteiger charge is 2.50. The Morgan fingerprint density at radius 3 is 2.47 bits per heavy atom. The first-order valence-electron chi connectivity index (χ1n) is 10.8. The Labute approximate surface area is 195 Å². The van der Waals surface area contributed by atoms with Crippen LogP contribution in [0.2, 0.25) is 0 Å². The third-order valence-electron chi connectivity index (χ3n) is 5.67. The third-order valence-corrected chi connectivity index (χ3v) is 5.67. The fourth-order valence-electron chi connectivity index (χ4n) is 3.72. The van der Waals surface area contributed by atoms with Crippen LogP contribution in [0.5, 0.6) is 0 Å². The first-order valence-corrected chi connectivity index (χ1v) is 10.8. The minimum atomic E-state index is -1.66. The average molecular weight is 472 g/mol. The van der Waals surface area contributed by atoms with E-state index in [1.807, 2.05) is 26.0 Å². The van der Waals surface area contributed by atoms with Crippen LogP contribution < -0.4 is 10.6 Å². The van der Waals surface area contributed by atoms with Crippen LogP contribution in [0, 0.1) is 18.6 Å². The van der Waals surface area contributed by atoms with Gasteiger partial charge in [0.25, 0.3) is 5.91 Å². The highest BCUT2D eigenvalue weighted by molar-refractivity contribution is 6.09. The second kappa shape index (κ2) is 9.98. The smallest absolute Gasteiger partial charge is 0.325 e. The maximum atomic E-state index is 13.7. The van der Waals surface area contributed by atoms with Gasteiger partial charge in [0.1, 0.15) is 12.1 Å². The number of nitrogens with one attached hydrogen (secondary N) is 2. The van der Waals surface area contributed by atoms with Crippen molar-refractivity contribution in [3.8, 4) is 0 Å². The number of anilines is 1. The van der Waals surface area contributed by atoms with Crippen molar-refractivity contribution < 1.29 is 28.0 Å². The van der Waals surface area contributed by atoms with Gasteiger partial charge >= 0.3 is 6.03 Å². The summed E-state index contributed by atoms with van der Waals surface area (Å²) in [4.78, 5) is 53.0. The largest absolute Gasteiger partial charge is 0.332 e. The van der Waals surface area contributed by atoms with Gasteiger partial charge in [0.15, 0.2) is 11.6 Å². The van der Waals surface area contributed by atoms with E-state index in [1.54, 1.807) is 12.1 Å². The van der Waals surface area contributed by atoms with E-state index in [2.05, 4.69) is 10.6 Å². The van der Waals surface area contributed by atoms with Crippen LogP contribution in [-0.4, -0.2) is 53.2 Å². The number of rotatable bonds is 8. The van der Waals surface area contributed by atoms with Gasteiger partial charge in [0.05, 0.1) is 6.54 Å². The topological polar surface area (TPSA) is 98.8 Å². The molecule has 0 bridgehead atoms. The van der Waals surface area contributed by atoms with Crippen molar-refractivity contribution in [3.63, 3.8) is 0 Å². The van der Waals surface area contributed by atoms with Gasteiger partial charge in [-0.1, -0.05) is 31.2 Å². The van der Waals surface area contributed by atoms with Crippen molar-refractivity contribution in [1.82, 2.24) is 15.1 Å². The molecule has 34 heavy (non-hydrogen) atoms. The van der Waals surface area contributed by atoms with Gasteiger partial charge in [-0.3, -0.25) is 19.3 Å². The van der Waals surface area contributed by atoms with E-state index in [0.717, 1.165) is 17.7 Å². The normalized spacial score (nSPS) is 17.5. The summed E-state index contributed by atoms with van der Waals surface area (Å²) in [6.45, 7) is 4.40. The fourth-order valence-corrected chi connectivity index (χ4v) is 3.72. The molecule has 3 rings (SSSR count). The number of halogens is 2. The van der Waals surface area contributed by atoms with E-state index in [-0.39, 0.29) is 18.7 Å². The molecule has 8 nitrogen and oxygen atoms in total. The molecule has 1 atom stereocenters. The molecule has 2 aromatic rings. The number of carbonyl (C=O) groups is 4. The van der Waals surface area contributed by atoms with E-state index in [9.17, 15) is 28.0 Å². The molecule has 180 valence electrons. The third kappa shape index (κ3) is 5.05. The molecule has 0 aromatic heterocycles. The molecule has 2 N–H and O–H groups in total. The summed E-state index contributed by atoms with van der Waals surface area (Å²) < 4.78 is 27.0. The van der Waals surface area contributed by atoms with Crippen LogP contribution in [0.3, 0.4) is 0 Å². The first kappa shape index (κ1) is 24.8. The number of benzene rings is 2. The van der Waals surface area contributed by atoms with Crippen LogP contribution >= 0.6 is 0 Å². The van der Waals surface area contributed by atoms with Crippen LogP contribution in [0.25, 0.3) is 0 Å². The lowest BCUT2D eigenvalue weighted by molar-refractivity contribution is -0.140. The quantitative estimate of drug-likeness (QED) is 0.577. The SMILES string of the molecule is CCCN(CC(=O)Nc1ccccc1C)C(=O)CN1C(=O)NC(C)(c2ccc(F)c(F)c2)C1=O. The van der Waals surface area contributed by atoms with Crippen LogP contribution in [0.15, 0.2) is 42.5 Å². The van der Waals surface area contributed by atoms with Crippen molar-refractivity contribution in [3.05, 3.63) is 65.2 Å². The molecule has 0 aliphatic carbocycles. The molecule has 10 heteroatoms. The Balaban J connectivity index is 1.72. The van der Waals surface area contributed by atoms with E-state index in [1.165, 1.54) is 17.9 Å². The number of para-hydroxylation sites is 1. The predicted octanol–water partition coefficient (Wildman–Crippen LogP) is 2.92. The summed E-state index contributed by atoms with van der Waals surface area (Å²) in [5.41, 5.74) is -0.139. The molecule has 5 amide bonds. The summed E-state index contributed by atoms with van der Waals surface area (Å²) in [7, 11) is 0. The Bertz CT molecular complexity index is 1140. The van der Waals surface area contributed by atoms with Crippen molar-refractivity contribution >= 4 is 29.4 Å². The zero-order valence-corrected chi connectivity index (χ0v) is 19.2. The summed E-state index contributed by atoms with van der Waals surface area (Å²) >= 11 is 0. The number of urea groups is 1. The zero-order chi connectivity index (χ0) is 25.0. The molecular formula is C24H26F2N4O4. The van der Waals surface area contributed by atoms with Gasteiger partial charge in [-0.2, -0.15) is 0 Å². The second-order valence-corrected chi connectivity index (χ2v) is 8.25. The van der Waals surface area contributed by atoms with Crippen molar-refractivity contribution in [2.45, 2.75) is 32.7 Å². The monoisotopic (exact) mass is 472 g/mol. The summed E-state index contributed by atoms with van der Waals surface area (Å²) in [6, 6.07) is 9.24. The van der Waals surface area contributed by atoms with Gasteiger partial charge in [0.2, 0.25) is 11.8 Å². The lowest BCUT2D eigenvalue weighted by Crippen LogP contribution is -2.46. The van der Waals surface area contributed by atoms with E-state index in [0.29, 0.717) is 17.0 Å². The second-order valence-electron chi connectivity index (χ2n) is 8.25. The molecule has 0 saturated carbocycles. The molecule has 1 aliphatic heterocycles. The molecule has 0 radical (unpaired) electrons. The van der Waals surface area contributed by atoms with Crippen LogP contribution in [-0.2, 0) is 19.9 Å². The number of aryl methyl sites for hydroxylation is 1. The Morgan fingerprint density at radius 1 is 1.12 bits per heavy atom. The molecule has 1 saturated heterocycles. The highest BCUT2D eigenvalue weighted by Crippen LogP contribution is 2.29. The highest BCUT2D eigenvalue weighted by atomic mass is 19.2.